The van der Waals surface area contributed by atoms with Crippen molar-refractivity contribution in [3.63, 3.8) is 0 Å². The number of nitrogen functional groups attached to an aromatic ring is 2. The van der Waals surface area contributed by atoms with E-state index in [4.69, 9.17) is 23.1 Å². The second-order valence-electron chi connectivity index (χ2n) is 8.89. The number of benzene rings is 1. The second kappa shape index (κ2) is 7.58. The van der Waals surface area contributed by atoms with Crippen LogP contribution in [0.3, 0.4) is 0 Å². The molecule has 1 aliphatic heterocycles. The molecule has 1 amide bonds. The van der Waals surface area contributed by atoms with Gasteiger partial charge in [0.15, 0.2) is 0 Å². The molecule has 0 bridgehead atoms. The first kappa shape index (κ1) is 21.4. The van der Waals surface area contributed by atoms with Crippen LogP contribution in [0.5, 0.6) is 0 Å². The molecule has 172 valence electrons. The number of halogens is 2. The summed E-state index contributed by atoms with van der Waals surface area (Å²) in [5.74, 6) is -0.157. The van der Waals surface area contributed by atoms with Crippen LogP contribution in [-0.2, 0) is 5.41 Å². The molecule has 1 fully saturated rings. The van der Waals surface area contributed by atoms with E-state index in [0.717, 1.165) is 24.8 Å². The number of hydrogen-bond acceptors (Lipinski definition) is 7. The molecule has 0 unspecified atom stereocenters. The molecular weight excluding hydrogens is 447 g/mol. The van der Waals surface area contributed by atoms with Gasteiger partial charge in [-0.1, -0.05) is 11.6 Å². The first-order valence-corrected chi connectivity index (χ1v) is 11.0. The van der Waals surface area contributed by atoms with Crippen molar-refractivity contribution < 1.29 is 9.18 Å². The van der Waals surface area contributed by atoms with Crippen LogP contribution in [0.1, 0.15) is 41.2 Å². The van der Waals surface area contributed by atoms with Gasteiger partial charge in [0.1, 0.15) is 18.0 Å². The SMILES string of the molecule is CN(C)C(=O)c1c(N)ccc(-c2cnc3c(c2Cl)[C@@]2(CC[C@@H](n4ncnc4N)C2)CN3)c1F. The van der Waals surface area contributed by atoms with Crippen molar-refractivity contribution in [3.05, 3.63) is 46.6 Å². The Morgan fingerprint density at radius 3 is 2.79 bits per heavy atom. The Labute approximate surface area is 194 Å². The van der Waals surface area contributed by atoms with Crippen molar-refractivity contribution in [2.24, 2.45) is 0 Å². The average Bonchev–Trinajstić information content (AvgIpc) is 3.48. The molecule has 9 nitrogen and oxygen atoms in total. The van der Waals surface area contributed by atoms with Gasteiger partial charge in [-0.25, -0.2) is 19.0 Å². The van der Waals surface area contributed by atoms with Crippen LogP contribution in [0.4, 0.5) is 21.8 Å². The number of nitrogens with one attached hydrogen (secondary N) is 1. The highest BCUT2D eigenvalue weighted by Gasteiger charge is 2.48. The Morgan fingerprint density at radius 1 is 1.30 bits per heavy atom. The van der Waals surface area contributed by atoms with Crippen LogP contribution in [0.25, 0.3) is 11.1 Å². The maximum Gasteiger partial charge on any atom is 0.258 e. The molecule has 5 rings (SSSR count). The smallest absolute Gasteiger partial charge is 0.258 e. The number of hydrogen-bond donors (Lipinski definition) is 3. The summed E-state index contributed by atoms with van der Waals surface area (Å²) in [5.41, 5.74) is 13.0. The van der Waals surface area contributed by atoms with E-state index in [1.54, 1.807) is 18.8 Å². The summed E-state index contributed by atoms with van der Waals surface area (Å²) in [6, 6.07) is 3.14. The summed E-state index contributed by atoms with van der Waals surface area (Å²) in [7, 11) is 3.09. The molecule has 33 heavy (non-hydrogen) atoms. The average molecular weight is 471 g/mol. The fourth-order valence-electron chi connectivity index (χ4n) is 5.11. The van der Waals surface area contributed by atoms with Crippen molar-refractivity contribution in [2.45, 2.75) is 30.7 Å². The van der Waals surface area contributed by atoms with Gasteiger partial charge in [-0.15, -0.1) is 0 Å². The molecule has 1 saturated carbocycles. The largest absolute Gasteiger partial charge is 0.398 e. The highest BCUT2D eigenvalue weighted by atomic mass is 35.5. The van der Waals surface area contributed by atoms with Crippen LogP contribution in [-0.4, -0.2) is 51.2 Å². The van der Waals surface area contributed by atoms with Gasteiger partial charge in [-0.3, -0.25) is 4.79 Å². The van der Waals surface area contributed by atoms with E-state index in [0.29, 0.717) is 28.9 Å². The molecule has 2 aliphatic rings. The fourth-order valence-corrected chi connectivity index (χ4v) is 5.55. The fraction of sp³-hybridized carbons (Fsp3) is 0.364. The molecule has 3 heterocycles. The van der Waals surface area contributed by atoms with Gasteiger partial charge >= 0.3 is 0 Å². The van der Waals surface area contributed by atoms with E-state index >= 15 is 4.39 Å². The minimum Gasteiger partial charge on any atom is -0.398 e. The van der Waals surface area contributed by atoms with Crippen LogP contribution < -0.4 is 16.8 Å². The second-order valence-corrected chi connectivity index (χ2v) is 9.27. The molecule has 2 atom stereocenters. The maximum atomic E-state index is 15.6. The van der Waals surface area contributed by atoms with Gasteiger partial charge in [0.25, 0.3) is 5.91 Å². The van der Waals surface area contributed by atoms with Crippen molar-refractivity contribution in [2.75, 3.05) is 37.4 Å². The highest BCUT2D eigenvalue weighted by Crippen LogP contribution is 2.54. The van der Waals surface area contributed by atoms with E-state index in [-0.39, 0.29) is 28.3 Å². The molecular formula is C22H24ClFN8O. The van der Waals surface area contributed by atoms with Crippen LogP contribution in [0.2, 0.25) is 5.02 Å². The van der Waals surface area contributed by atoms with Gasteiger partial charge in [-0.05, 0) is 31.4 Å². The van der Waals surface area contributed by atoms with Gasteiger partial charge in [-0.2, -0.15) is 5.10 Å². The predicted octanol–water partition coefficient (Wildman–Crippen LogP) is 3.09. The van der Waals surface area contributed by atoms with Gasteiger partial charge in [0.05, 0.1) is 16.6 Å². The van der Waals surface area contributed by atoms with Crippen LogP contribution >= 0.6 is 11.6 Å². The summed E-state index contributed by atoms with van der Waals surface area (Å²) in [5, 5.41) is 8.05. The number of amides is 1. The number of pyridine rings is 1. The number of aromatic nitrogens is 4. The maximum absolute atomic E-state index is 15.6. The normalized spacial score (nSPS) is 21.3. The topological polar surface area (TPSA) is 128 Å². The number of nitrogens with zero attached hydrogens (tertiary/aromatic N) is 5. The van der Waals surface area contributed by atoms with E-state index in [2.05, 4.69) is 20.4 Å². The van der Waals surface area contributed by atoms with Crippen molar-refractivity contribution in [1.82, 2.24) is 24.6 Å². The first-order chi connectivity index (χ1) is 15.7. The summed E-state index contributed by atoms with van der Waals surface area (Å²) in [6.45, 7) is 0.665. The molecule has 1 spiro atoms. The Bertz CT molecular complexity index is 1280. The summed E-state index contributed by atoms with van der Waals surface area (Å²) >= 11 is 6.94. The van der Waals surface area contributed by atoms with E-state index in [9.17, 15) is 4.79 Å². The lowest BCUT2D eigenvalue weighted by Crippen LogP contribution is -2.26. The quantitative estimate of drug-likeness (QED) is 0.502. The number of fused-ring (bicyclic) bond motifs is 2. The highest BCUT2D eigenvalue weighted by molar-refractivity contribution is 6.34. The van der Waals surface area contributed by atoms with Crippen molar-refractivity contribution >= 4 is 35.0 Å². The summed E-state index contributed by atoms with van der Waals surface area (Å²) in [4.78, 5) is 22.4. The Balaban J connectivity index is 1.59. The standard InChI is InChI=1S/C22H24ClFN8O/c1-31(2)20(33)15-14(25)4-3-12(18(15)24)13-8-27-19-16(17(13)23)22(9-28-19)6-5-11(7-22)32-21(26)29-10-30-32/h3-4,8,10-11H,5-7,9,25H2,1-2H3,(H,27,28)(H2,26,29,30)/t11-,22-/m1/s1. The summed E-state index contributed by atoms with van der Waals surface area (Å²) in [6.07, 6.45) is 5.43. The molecule has 0 saturated heterocycles. The number of carbonyl (C=O) groups is 1. The number of rotatable bonds is 3. The molecule has 11 heteroatoms. The Kier molecular flexibility index (Phi) is 4.93. The number of nitrogens with two attached hydrogens (primary N) is 2. The third-order valence-corrected chi connectivity index (χ3v) is 7.15. The zero-order valence-electron chi connectivity index (χ0n) is 18.3. The molecule has 3 aromatic rings. The molecule has 5 N–H and O–H groups in total. The number of anilines is 3. The third kappa shape index (κ3) is 3.19. The Morgan fingerprint density at radius 2 is 2.09 bits per heavy atom. The van der Waals surface area contributed by atoms with E-state index in [1.165, 1.54) is 29.6 Å². The predicted molar refractivity (Wildman–Crippen MR) is 125 cm³/mol. The minimum absolute atomic E-state index is 0.0717. The van der Waals surface area contributed by atoms with Crippen molar-refractivity contribution in [3.8, 4) is 11.1 Å². The lowest BCUT2D eigenvalue weighted by Gasteiger charge is -2.25. The molecule has 0 radical (unpaired) electrons. The third-order valence-electron chi connectivity index (χ3n) is 6.75. The summed E-state index contributed by atoms with van der Waals surface area (Å²) < 4.78 is 17.3. The zero-order chi connectivity index (χ0) is 23.5. The van der Waals surface area contributed by atoms with Crippen molar-refractivity contribution in [1.29, 1.82) is 0 Å². The first-order valence-electron chi connectivity index (χ1n) is 10.6. The molecule has 1 aliphatic carbocycles. The Hall–Kier alpha value is -3.40. The minimum atomic E-state index is -0.711. The molecule has 2 aromatic heterocycles. The zero-order valence-corrected chi connectivity index (χ0v) is 19.0. The lowest BCUT2D eigenvalue weighted by molar-refractivity contribution is 0.0824. The van der Waals surface area contributed by atoms with Crippen LogP contribution in [0.15, 0.2) is 24.7 Å². The van der Waals surface area contributed by atoms with Crippen LogP contribution in [0, 0.1) is 5.82 Å². The van der Waals surface area contributed by atoms with Gasteiger partial charge < -0.3 is 21.7 Å². The van der Waals surface area contributed by atoms with Gasteiger partial charge in [0, 0.05) is 54.6 Å². The van der Waals surface area contributed by atoms with E-state index < -0.39 is 11.7 Å². The van der Waals surface area contributed by atoms with Gasteiger partial charge in [0.2, 0.25) is 5.95 Å². The number of carbonyl (C=O) groups excluding carboxylic acids is 1. The molecule has 1 aromatic carbocycles. The van der Waals surface area contributed by atoms with E-state index in [1.807, 2.05) is 0 Å². The lowest BCUT2D eigenvalue weighted by atomic mass is 9.80. The monoisotopic (exact) mass is 470 g/mol.